The van der Waals surface area contributed by atoms with Crippen LogP contribution in [0.5, 0.6) is 0 Å². The Morgan fingerprint density at radius 2 is 1.68 bits per heavy atom. The summed E-state index contributed by atoms with van der Waals surface area (Å²) in [4.78, 5) is 26.9. The number of amides is 2. The number of anilines is 1. The van der Waals surface area contributed by atoms with E-state index in [0.29, 0.717) is 11.4 Å². The van der Waals surface area contributed by atoms with Crippen molar-refractivity contribution in [2.75, 3.05) is 4.90 Å². The molecule has 0 radical (unpaired) electrons. The van der Waals surface area contributed by atoms with Gasteiger partial charge in [0.15, 0.2) is 5.11 Å². The van der Waals surface area contributed by atoms with Crippen molar-refractivity contribution in [1.29, 1.82) is 0 Å². The Balaban J connectivity index is 1.76. The van der Waals surface area contributed by atoms with Crippen LogP contribution in [0.25, 0.3) is 11.8 Å². The molecule has 0 unspecified atom stereocenters. The molecule has 28 heavy (non-hydrogen) atoms. The van der Waals surface area contributed by atoms with E-state index in [1.165, 1.54) is 4.90 Å². The van der Waals surface area contributed by atoms with Crippen LogP contribution in [-0.2, 0) is 9.59 Å². The Morgan fingerprint density at radius 3 is 2.43 bits per heavy atom. The zero-order valence-corrected chi connectivity index (χ0v) is 16.9. The smallest absolute Gasteiger partial charge is 0.270 e. The SMILES string of the molecule is O=C1NC(=S)N(c2ccccc2)C(=O)/C1=C/c1cccn1-c1cccc(Br)c1. The Kier molecular flexibility index (Phi) is 4.93. The van der Waals surface area contributed by atoms with Crippen LogP contribution < -0.4 is 10.2 Å². The number of carbonyl (C=O) groups is 2. The monoisotopic (exact) mass is 451 g/mol. The van der Waals surface area contributed by atoms with Gasteiger partial charge in [-0.25, -0.2) is 0 Å². The number of nitrogens with zero attached hydrogens (tertiary/aromatic N) is 2. The molecule has 5 nitrogen and oxygen atoms in total. The molecule has 0 saturated carbocycles. The molecule has 1 fully saturated rings. The van der Waals surface area contributed by atoms with E-state index in [0.717, 1.165) is 10.2 Å². The maximum absolute atomic E-state index is 13.1. The fourth-order valence-corrected chi connectivity index (χ4v) is 3.66. The molecule has 0 bridgehead atoms. The van der Waals surface area contributed by atoms with Crippen molar-refractivity contribution < 1.29 is 9.59 Å². The summed E-state index contributed by atoms with van der Waals surface area (Å²) in [5.74, 6) is -0.967. The van der Waals surface area contributed by atoms with Crippen LogP contribution in [0.3, 0.4) is 0 Å². The number of benzene rings is 2. The molecule has 4 rings (SSSR count). The van der Waals surface area contributed by atoms with Gasteiger partial charge < -0.3 is 4.57 Å². The fourth-order valence-electron chi connectivity index (χ4n) is 2.99. The average molecular weight is 452 g/mol. The maximum atomic E-state index is 13.1. The van der Waals surface area contributed by atoms with Gasteiger partial charge in [-0.05, 0) is 60.8 Å². The quantitative estimate of drug-likeness (QED) is 0.371. The average Bonchev–Trinajstić information content (AvgIpc) is 3.14. The molecule has 1 aromatic heterocycles. The number of halogens is 1. The first kappa shape index (κ1) is 18.3. The number of para-hydroxylation sites is 1. The lowest BCUT2D eigenvalue weighted by atomic mass is 10.1. The maximum Gasteiger partial charge on any atom is 0.270 e. The summed E-state index contributed by atoms with van der Waals surface area (Å²) in [6, 6.07) is 20.5. The van der Waals surface area contributed by atoms with E-state index in [1.807, 2.05) is 65.4 Å². The second kappa shape index (κ2) is 7.53. The van der Waals surface area contributed by atoms with Gasteiger partial charge in [0.05, 0.1) is 5.69 Å². The summed E-state index contributed by atoms with van der Waals surface area (Å²) in [6.45, 7) is 0. The van der Waals surface area contributed by atoms with Crippen molar-refractivity contribution in [1.82, 2.24) is 9.88 Å². The van der Waals surface area contributed by atoms with Crippen molar-refractivity contribution in [2.45, 2.75) is 0 Å². The summed E-state index contributed by atoms with van der Waals surface area (Å²) in [5.41, 5.74) is 2.24. The topological polar surface area (TPSA) is 54.3 Å². The largest absolute Gasteiger partial charge is 0.317 e. The molecule has 2 aromatic carbocycles. The van der Waals surface area contributed by atoms with Crippen molar-refractivity contribution in [3.05, 3.63) is 88.7 Å². The molecule has 1 aliphatic heterocycles. The van der Waals surface area contributed by atoms with Crippen LogP contribution in [0.15, 0.2) is 83.0 Å². The Bertz CT molecular complexity index is 1120. The third kappa shape index (κ3) is 3.42. The van der Waals surface area contributed by atoms with Gasteiger partial charge in [0.1, 0.15) is 5.57 Å². The van der Waals surface area contributed by atoms with Gasteiger partial charge in [-0.3, -0.25) is 19.8 Å². The van der Waals surface area contributed by atoms with E-state index in [9.17, 15) is 9.59 Å². The summed E-state index contributed by atoms with van der Waals surface area (Å²) in [6.07, 6.45) is 3.45. The van der Waals surface area contributed by atoms with Gasteiger partial charge in [0, 0.05) is 22.1 Å². The lowest BCUT2D eigenvalue weighted by Gasteiger charge is -2.28. The molecule has 1 aliphatic rings. The van der Waals surface area contributed by atoms with Crippen LogP contribution in [0.4, 0.5) is 5.69 Å². The molecular weight excluding hydrogens is 438 g/mol. The Hall–Kier alpha value is -3.03. The highest BCUT2D eigenvalue weighted by atomic mass is 79.9. The zero-order valence-electron chi connectivity index (χ0n) is 14.5. The van der Waals surface area contributed by atoms with Gasteiger partial charge in [0.25, 0.3) is 11.8 Å². The van der Waals surface area contributed by atoms with Gasteiger partial charge in [-0.2, -0.15) is 0 Å². The summed E-state index contributed by atoms with van der Waals surface area (Å²) in [5, 5.41) is 2.67. The summed E-state index contributed by atoms with van der Waals surface area (Å²) < 4.78 is 2.84. The highest BCUT2D eigenvalue weighted by Crippen LogP contribution is 2.23. The van der Waals surface area contributed by atoms with Crippen LogP contribution in [-0.4, -0.2) is 21.5 Å². The molecule has 0 atom stereocenters. The van der Waals surface area contributed by atoms with Gasteiger partial charge in [-0.15, -0.1) is 0 Å². The van der Waals surface area contributed by atoms with Crippen LogP contribution >= 0.6 is 28.1 Å². The minimum absolute atomic E-state index is 0.0207. The number of hydrogen-bond acceptors (Lipinski definition) is 3. The standard InChI is InChI=1S/C21H14BrN3O2S/c22-14-6-4-9-16(12-14)24-11-5-10-17(24)13-18-19(26)23-21(28)25(20(18)27)15-7-2-1-3-8-15/h1-13H,(H,23,26,28)/b18-13+. The van der Waals surface area contributed by atoms with Crippen molar-refractivity contribution >= 4 is 56.8 Å². The van der Waals surface area contributed by atoms with Gasteiger partial charge >= 0.3 is 0 Å². The summed E-state index contributed by atoms with van der Waals surface area (Å²) >= 11 is 8.68. The van der Waals surface area contributed by atoms with Crippen molar-refractivity contribution in [2.24, 2.45) is 0 Å². The second-order valence-corrected chi connectivity index (χ2v) is 7.38. The van der Waals surface area contributed by atoms with E-state index in [2.05, 4.69) is 21.2 Å². The van der Waals surface area contributed by atoms with Gasteiger partial charge in [-0.1, -0.05) is 40.2 Å². The van der Waals surface area contributed by atoms with Crippen molar-refractivity contribution in [3.63, 3.8) is 0 Å². The Labute approximate surface area is 175 Å². The molecule has 2 amide bonds. The fraction of sp³-hybridized carbons (Fsp3) is 0. The normalized spacial score (nSPS) is 15.8. The van der Waals surface area contributed by atoms with Crippen LogP contribution in [0.1, 0.15) is 5.69 Å². The van der Waals surface area contributed by atoms with Crippen LogP contribution in [0.2, 0.25) is 0 Å². The second-order valence-electron chi connectivity index (χ2n) is 6.08. The van der Waals surface area contributed by atoms with E-state index in [-0.39, 0.29) is 10.7 Å². The number of carbonyl (C=O) groups excluding carboxylic acids is 2. The van der Waals surface area contributed by atoms with Gasteiger partial charge in [0.2, 0.25) is 0 Å². The molecule has 1 N–H and O–H groups in total. The van der Waals surface area contributed by atoms with Crippen molar-refractivity contribution in [3.8, 4) is 5.69 Å². The lowest BCUT2D eigenvalue weighted by molar-refractivity contribution is -0.122. The molecule has 0 spiro atoms. The van der Waals surface area contributed by atoms with E-state index in [1.54, 1.807) is 18.2 Å². The Morgan fingerprint density at radius 1 is 0.929 bits per heavy atom. The first-order chi connectivity index (χ1) is 13.5. The van der Waals surface area contributed by atoms with E-state index < -0.39 is 11.8 Å². The number of aromatic nitrogens is 1. The third-order valence-electron chi connectivity index (χ3n) is 4.27. The van der Waals surface area contributed by atoms with E-state index in [4.69, 9.17) is 12.2 Å². The number of hydrogen-bond donors (Lipinski definition) is 1. The lowest BCUT2D eigenvalue weighted by Crippen LogP contribution is -2.54. The molecule has 3 aromatic rings. The first-order valence-electron chi connectivity index (χ1n) is 8.44. The molecule has 138 valence electrons. The first-order valence-corrected chi connectivity index (χ1v) is 9.64. The zero-order chi connectivity index (χ0) is 19.7. The predicted octanol–water partition coefficient (Wildman–Crippen LogP) is 4.07. The van der Waals surface area contributed by atoms with E-state index >= 15 is 0 Å². The third-order valence-corrected chi connectivity index (χ3v) is 5.05. The van der Waals surface area contributed by atoms with Crippen LogP contribution in [0, 0.1) is 0 Å². The molecule has 1 saturated heterocycles. The minimum atomic E-state index is -0.510. The molecule has 7 heteroatoms. The molecular formula is C21H14BrN3O2S. The minimum Gasteiger partial charge on any atom is -0.317 e. The highest BCUT2D eigenvalue weighted by molar-refractivity contribution is 9.10. The molecule has 2 heterocycles. The number of nitrogens with one attached hydrogen (secondary N) is 1. The summed E-state index contributed by atoms with van der Waals surface area (Å²) in [7, 11) is 0. The predicted molar refractivity (Wildman–Crippen MR) is 116 cm³/mol. The highest BCUT2D eigenvalue weighted by Gasteiger charge is 2.34. The number of rotatable bonds is 3. The number of thiocarbonyl (C=S) groups is 1. The molecule has 0 aliphatic carbocycles.